The van der Waals surface area contributed by atoms with Crippen LogP contribution in [0.15, 0.2) is 12.3 Å². The van der Waals surface area contributed by atoms with Gasteiger partial charge < -0.3 is 0 Å². The predicted molar refractivity (Wildman–Crippen MR) is 38.7 cm³/mol. The molecule has 0 spiro atoms. The van der Waals surface area contributed by atoms with Crippen molar-refractivity contribution in [2.24, 2.45) is 0 Å². The van der Waals surface area contributed by atoms with Gasteiger partial charge in [0.05, 0.1) is 16.3 Å². The van der Waals surface area contributed by atoms with Crippen molar-refractivity contribution < 1.29 is 13.2 Å². The normalized spacial score (nSPS) is 11.8. The maximum absolute atomic E-state index is 12.0. The number of hydrogen-bond donors (Lipinski definition) is 0. The lowest BCUT2D eigenvalue weighted by atomic mass is 10.2. The standard InChI is InChI=1S/C7H4ClF3N/c1-4-6(8)2-5(3-12-4)7(9,10)11/h2-3H,1H2. The zero-order chi connectivity index (χ0) is 9.35. The molecular weight excluding hydrogens is 191 g/mol. The summed E-state index contributed by atoms with van der Waals surface area (Å²) < 4.78 is 35.9. The topological polar surface area (TPSA) is 12.9 Å². The van der Waals surface area contributed by atoms with Crippen LogP contribution in [0.5, 0.6) is 0 Å². The van der Waals surface area contributed by atoms with Crippen molar-refractivity contribution in [2.45, 2.75) is 6.18 Å². The SMILES string of the molecule is [CH2]c1ncc(C(F)(F)F)cc1Cl. The number of halogens is 4. The van der Waals surface area contributed by atoms with Crippen LogP contribution in [0.4, 0.5) is 13.2 Å². The molecule has 0 fully saturated rings. The predicted octanol–water partition coefficient (Wildman–Crippen LogP) is 2.94. The number of alkyl halides is 3. The van der Waals surface area contributed by atoms with Crippen molar-refractivity contribution in [3.8, 4) is 0 Å². The monoisotopic (exact) mass is 194 g/mol. The van der Waals surface area contributed by atoms with E-state index in [4.69, 9.17) is 11.6 Å². The first-order valence-electron chi connectivity index (χ1n) is 2.96. The fraction of sp³-hybridized carbons (Fsp3) is 0.143. The molecule has 0 amide bonds. The number of nitrogens with zero attached hydrogens (tertiary/aromatic N) is 1. The summed E-state index contributed by atoms with van der Waals surface area (Å²) in [6.45, 7) is 3.33. The molecule has 0 saturated carbocycles. The fourth-order valence-corrected chi connectivity index (χ4v) is 0.788. The summed E-state index contributed by atoms with van der Waals surface area (Å²) in [7, 11) is 0. The summed E-state index contributed by atoms with van der Waals surface area (Å²) in [5.74, 6) is 0. The summed E-state index contributed by atoms with van der Waals surface area (Å²) in [4.78, 5) is 3.38. The van der Waals surface area contributed by atoms with Gasteiger partial charge in [-0.2, -0.15) is 13.2 Å². The Morgan fingerprint density at radius 3 is 2.42 bits per heavy atom. The quantitative estimate of drug-likeness (QED) is 0.619. The lowest BCUT2D eigenvalue weighted by Gasteiger charge is -2.06. The second-order valence-electron chi connectivity index (χ2n) is 2.15. The summed E-state index contributed by atoms with van der Waals surface area (Å²) in [5, 5.41) is -0.0789. The number of hydrogen-bond acceptors (Lipinski definition) is 1. The van der Waals surface area contributed by atoms with Gasteiger partial charge in [0.25, 0.3) is 0 Å². The maximum atomic E-state index is 12.0. The highest BCUT2D eigenvalue weighted by Crippen LogP contribution is 2.30. The second kappa shape index (κ2) is 2.94. The zero-order valence-electron chi connectivity index (χ0n) is 5.82. The molecule has 1 radical (unpaired) electrons. The molecule has 0 aromatic carbocycles. The van der Waals surface area contributed by atoms with Gasteiger partial charge in [-0.05, 0) is 13.0 Å². The summed E-state index contributed by atoms with van der Waals surface area (Å²) in [6, 6.07) is 0.802. The van der Waals surface area contributed by atoms with E-state index >= 15 is 0 Å². The Labute approximate surface area is 72.2 Å². The Morgan fingerprint density at radius 2 is 2.00 bits per heavy atom. The van der Waals surface area contributed by atoms with E-state index in [-0.39, 0.29) is 10.7 Å². The van der Waals surface area contributed by atoms with E-state index in [1.807, 2.05) is 0 Å². The molecule has 0 bridgehead atoms. The molecule has 5 heteroatoms. The molecule has 65 valence electrons. The molecule has 1 nitrogen and oxygen atoms in total. The lowest BCUT2D eigenvalue weighted by molar-refractivity contribution is -0.137. The molecule has 0 unspecified atom stereocenters. The molecule has 0 aliphatic heterocycles. The Balaban J connectivity index is 3.14. The third kappa shape index (κ3) is 1.88. The Kier molecular flexibility index (Phi) is 2.28. The van der Waals surface area contributed by atoms with Gasteiger partial charge in [-0.25, -0.2) is 0 Å². The van der Waals surface area contributed by atoms with Gasteiger partial charge in [-0.3, -0.25) is 4.98 Å². The van der Waals surface area contributed by atoms with E-state index < -0.39 is 11.7 Å². The second-order valence-corrected chi connectivity index (χ2v) is 2.56. The number of pyridine rings is 1. The van der Waals surface area contributed by atoms with Crippen molar-refractivity contribution in [3.05, 3.63) is 35.5 Å². The highest BCUT2D eigenvalue weighted by molar-refractivity contribution is 6.31. The molecule has 1 heterocycles. The summed E-state index contributed by atoms with van der Waals surface area (Å²) in [6.07, 6.45) is -3.70. The van der Waals surface area contributed by atoms with Crippen LogP contribution in [-0.2, 0) is 6.18 Å². The van der Waals surface area contributed by atoms with Crippen LogP contribution in [0.25, 0.3) is 0 Å². The smallest absolute Gasteiger partial charge is 0.259 e. The maximum Gasteiger partial charge on any atom is 0.417 e. The van der Waals surface area contributed by atoms with Gasteiger partial charge in [0.15, 0.2) is 0 Å². The van der Waals surface area contributed by atoms with Crippen LogP contribution >= 0.6 is 11.6 Å². The van der Waals surface area contributed by atoms with Crippen molar-refractivity contribution in [1.82, 2.24) is 4.98 Å². The average molecular weight is 195 g/mol. The van der Waals surface area contributed by atoms with Gasteiger partial charge in [-0.1, -0.05) is 11.6 Å². The van der Waals surface area contributed by atoms with Crippen LogP contribution in [-0.4, -0.2) is 4.98 Å². The van der Waals surface area contributed by atoms with Crippen molar-refractivity contribution in [2.75, 3.05) is 0 Å². The fourth-order valence-electron chi connectivity index (χ4n) is 0.621. The van der Waals surface area contributed by atoms with E-state index in [1.54, 1.807) is 0 Å². The molecule has 0 atom stereocenters. The minimum atomic E-state index is -4.40. The minimum absolute atomic E-state index is 0.0789. The molecule has 0 saturated heterocycles. The zero-order valence-corrected chi connectivity index (χ0v) is 6.58. The Hall–Kier alpha value is -0.770. The van der Waals surface area contributed by atoms with E-state index in [1.165, 1.54) is 0 Å². The van der Waals surface area contributed by atoms with E-state index in [0.717, 1.165) is 6.07 Å². The van der Waals surface area contributed by atoms with Crippen molar-refractivity contribution in [1.29, 1.82) is 0 Å². The first kappa shape index (κ1) is 9.32. The van der Waals surface area contributed by atoms with Gasteiger partial charge in [0.2, 0.25) is 0 Å². The van der Waals surface area contributed by atoms with E-state index in [9.17, 15) is 13.2 Å². The van der Waals surface area contributed by atoms with Crippen LogP contribution in [0.2, 0.25) is 5.02 Å². The van der Waals surface area contributed by atoms with Gasteiger partial charge in [-0.15, -0.1) is 0 Å². The third-order valence-electron chi connectivity index (χ3n) is 1.24. The van der Waals surface area contributed by atoms with Gasteiger partial charge in [0, 0.05) is 6.20 Å². The van der Waals surface area contributed by atoms with E-state index in [2.05, 4.69) is 11.9 Å². The molecule has 1 rings (SSSR count). The first-order valence-corrected chi connectivity index (χ1v) is 3.34. The molecule has 1 aromatic heterocycles. The highest BCUT2D eigenvalue weighted by Gasteiger charge is 2.31. The van der Waals surface area contributed by atoms with Crippen LogP contribution in [0.3, 0.4) is 0 Å². The van der Waals surface area contributed by atoms with Crippen LogP contribution < -0.4 is 0 Å². The molecule has 1 aromatic rings. The lowest BCUT2D eigenvalue weighted by Crippen LogP contribution is -2.05. The van der Waals surface area contributed by atoms with Crippen molar-refractivity contribution in [3.63, 3.8) is 0 Å². The number of aromatic nitrogens is 1. The molecular formula is C7H4ClF3N. The largest absolute Gasteiger partial charge is 0.417 e. The first-order chi connectivity index (χ1) is 5.41. The summed E-state index contributed by atoms with van der Waals surface area (Å²) in [5.41, 5.74) is -0.718. The molecule has 0 aliphatic rings. The average Bonchev–Trinajstić information content (AvgIpc) is 1.92. The number of rotatable bonds is 0. The molecule has 12 heavy (non-hydrogen) atoms. The van der Waals surface area contributed by atoms with Gasteiger partial charge in [0.1, 0.15) is 0 Å². The highest BCUT2D eigenvalue weighted by atomic mass is 35.5. The van der Waals surface area contributed by atoms with Crippen LogP contribution in [0, 0.1) is 6.92 Å². The molecule has 0 aliphatic carbocycles. The minimum Gasteiger partial charge on any atom is -0.259 e. The van der Waals surface area contributed by atoms with Gasteiger partial charge >= 0.3 is 6.18 Å². The third-order valence-corrected chi connectivity index (χ3v) is 1.57. The Morgan fingerprint density at radius 1 is 1.42 bits per heavy atom. The van der Waals surface area contributed by atoms with Crippen molar-refractivity contribution >= 4 is 11.6 Å². The summed E-state index contributed by atoms with van der Waals surface area (Å²) >= 11 is 5.39. The van der Waals surface area contributed by atoms with E-state index in [0.29, 0.717) is 6.20 Å². The Bertz CT molecular complexity index is 295. The van der Waals surface area contributed by atoms with Crippen LogP contribution in [0.1, 0.15) is 11.3 Å². The molecule has 0 N–H and O–H groups in total.